The highest BCUT2D eigenvalue weighted by Gasteiger charge is 2.33. The molecule has 0 atom stereocenters. The van der Waals surface area contributed by atoms with E-state index in [0.717, 1.165) is 34.7 Å². The summed E-state index contributed by atoms with van der Waals surface area (Å²) in [5, 5.41) is 0. The fourth-order valence-corrected chi connectivity index (χ4v) is 5.09. The Morgan fingerprint density at radius 1 is 1.00 bits per heavy atom. The van der Waals surface area contributed by atoms with Crippen LogP contribution in [0.1, 0.15) is 21.5 Å². The molecular weight excluding hydrogens is 437 g/mol. The molecule has 5 nitrogen and oxygen atoms in total. The molecule has 0 unspecified atom stereocenters. The number of amides is 1. The summed E-state index contributed by atoms with van der Waals surface area (Å²) < 4.78 is 64.9. The van der Waals surface area contributed by atoms with Gasteiger partial charge in [-0.05, 0) is 55.1 Å². The van der Waals surface area contributed by atoms with Crippen LogP contribution in [-0.2, 0) is 16.2 Å². The van der Waals surface area contributed by atoms with Crippen molar-refractivity contribution in [2.75, 3.05) is 32.4 Å². The maximum atomic E-state index is 12.9. The van der Waals surface area contributed by atoms with Crippen molar-refractivity contribution < 1.29 is 26.4 Å². The van der Waals surface area contributed by atoms with Gasteiger partial charge in [-0.3, -0.25) is 4.79 Å². The molecule has 0 aromatic heterocycles. The summed E-state index contributed by atoms with van der Waals surface area (Å²) in [6.45, 7) is 2.43. The van der Waals surface area contributed by atoms with E-state index >= 15 is 0 Å². The zero-order valence-corrected chi connectivity index (χ0v) is 18.1. The van der Waals surface area contributed by atoms with Crippen LogP contribution in [0, 0.1) is 6.92 Å². The van der Waals surface area contributed by atoms with Crippen molar-refractivity contribution in [1.29, 1.82) is 0 Å². The van der Waals surface area contributed by atoms with Crippen LogP contribution in [0.25, 0.3) is 0 Å². The van der Waals surface area contributed by atoms with Crippen molar-refractivity contribution in [3.05, 3.63) is 59.2 Å². The van der Waals surface area contributed by atoms with Gasteiger partial charge >= 0.3 is 6.18 Å². The van der Waals surface area contributed by atoms with Gasteiger partial charge in [-0.15, -0.1) is 11.8 Å². The number of sulfonamides is 1. The lowest BCUT2D eigenvalue weighted by Crippen LogP contribution is -2.50. The molecule has 1 aliphatic heterocycles. The van der Waals surface area contributed by atoms with Crippen LogP contribution in [0.15, 0.2) is 52.3 Å². The molecule has 0 bridgehead atoms. The number of carbonyl (C=O) groups is 1. The van der Waals surface area contributed by atoms with Crippen LogP contribution in [0.4, 0.5) is 13.2 Å². The maximum absolute atomic E-state index is 12.9. The highest BCUT2D eigenvalue weighted by molar-refractivity contribution is 7.98. The van der Waals surface area contributed by atoms with Crippen LogP contribution >= 0.6 is 11.8 Å². The van der Waals surface area contributed by atoms with Crippen LogP contribution < -0.4 is 0 Å². The topological polar surface area (TPSA) is 57.7 Å². The van der Waals surface area contributed by atoms with Gasteiger partial charge in [0.2, 0.25) is 10.0 Å². The smallest absolute Gasteiger partial charge is 0.336 e. The minimum atomic E-state index is -4.53. The molecular formula is C20H21F3N2O3S2. The summed E-state index contributed by atoms with van der Waals surface area (Å²) in [6, 6.07) is 9.09. The number of hydrogen-bond donors (Lipinski definition) is 0. The van der Waals surface area contributed by atoms with E-state index in [0.29, 0.717) is 5.56 Å². The normalized spacial score (nSPS) is 16.0. The van der Waals surface area contributed by atoms with Crippen LogP contribution in [0.5, 0.6) is 0 Å². The van der Waals surface area contributed by atoms with Crippen molar-refractivity contribution in [2.24, 2.45) is 0 Å². The Labute approximate surface area is 177 Å². The summed E-state index contributed by atoms with van der Waals surface area (Å²) >= 11 is 1.53. The Morgan fingerprint density at radius 3 is 2.13 bits per heavy atom. The van der Waals surface area contributed by atoms with Crippen molar-refractivity contribution >= 4 is 27.7 Å². The molecule has 0 spiro atoms. The largest absolute Gasteiger partial charge is 0.416 e. The molecule has 1 aliphatic rings. The number of thioether (sulfide) groups is 1. The van der Waals surface area contributed by atoms with Gasteiger partial charge in [-0.25, -0.2) is 8.42 Å². The molecule has 1 fully saturated rings. The number of nitrogens with zero attached hydrogens (tertiary/aromatic N) is 2. The number of carbonyl (C=O) groups excluding carboxylic acids is 1. The van der Waals surface area contributed by atoms with E-state index in [2.05, 4.69) is 0 Å². The van der Waals surface area contributed by atoms with Gasteiger partial charge in [-0.2, -0.15) is 17.5 Å². The minimum absolute atomic E-state index is 0.0797. The zero-order valence-electron chi connectivity index (χ0n) is 16.4. The molecule has 30 heavy (non-hydrogen) atoms. The monoisotopic (exact) mass is 458 g/mol. The second-order valence-corrected chi connectivity index (χ2v) is 9.72. The Kier molecular flexibility index (Phi) is 6.49. The molecule has 0 N–H and O–H groups in total. The Balaban J connectivity index is 1.71. The van der Waals surface area contributed by atoms with E-state index in [1.807, 2.05) is 31.4 Å². The van der Waals surface area contributed by atoms with Gasteiger partial charge < -0.3 is 4.90 Å². The summed E-state index contributed by atoms with van der Waals surface area (Å²) in [6.07, 6.45) is -2.61. The maximum Gasteiger partial charge on any atom is 0.416 e. The average Bonchev–Trinajstić information content (AvgIpc) is 2.73. The van der Waals surface area contributed by atoms with E-state index in [-0.39, 0.29) is 37.0 Å². The molecule has 3 rings (SSSR count). The Morgan fingerprint density at radius 2 is 1.60 bits per heavy atom. The summed E-state index contributed by atoms with van der Waals surface area (Å²) in [4.78, 5) is 15.3. The number of hydrogen-bond acceptors (Lipinski definition) is 4. The summed E-state index contributed by atoms with van der Waals surface area (Å²) in [5.41, 5.74) is 0.526. The van der Waals surface area contributed by atoms with Crippen LogP contribution in [0.2, 0.25) is 0 Å². The Hall–Kier alpha value is -2.04. The zero-order chi connectivity index (χ0) is 22.1. The first kappa shape index (κ1) is 22.6. The van der Waals surface area contributed by atoms with E-state index in [4.69, 9.17) is 0 Å². The van der Waals surface area contributed by atoms with Crippen LogP contribution in [0.3, 0.4) is 0 Å². The second kappa shape index (κ2) is 8.60. The summed E-state index contributed by atoms with van der Waals surface area (Å²) in [5.74, 6) is -0.157. The fourth-order valence-electron chi connectivity index (χ4n) is 3.23. The van der Waals surface area contributed by atoms with Crippen molar-refractivity contribution in [1.82, 2.24) is 9.21 Å². The number of rotatable bonds is 4. The molecule has 0 saturated carbocycles. The predicted molar refractivity (Wildman–Crippen MR) is 109 cm³/mol. The molecule has 2 aromatic carbocycles. The number of halogens is 3. The highest BCUT2D eigenvalue weighted by atomic mass is 32.2. The fraction of sp³-hybridized carbons (Fsp3) is 0.350. The third-order valence-corrected chi connectivity index (χ3v) is 7.66. The lowest BCUT2D eigenvalue weighted by atomic mass is 10.1. The van der Waals surface area contributed by atoms with E-state index in [1.54, 1.807) is 4.90 Å². The lowest BCUT2D eigenvalue weighted by molar-refractivity contribution is -0.137. The van der Waals surface area contributed by atoms with E-state index in [1.165, 1.54) is 16.1 Å². The molecule has 0 aliphatic carbocycles. The molecule has 10 heteroatoms. The van der Waals surface area contributed by atoms with Crippen molar-refractivity contribution in [2.45, 2.75) is 22.9 Å². The quantitative estimate of drug-likeness (QED) is 0.653. The number of benzene rings is 2. The average molecular weight is 459 g/mol. The molecule has 1 saturated heterocycles. The van der Waals surface area contributed by atoms with E-state index in [9.17, 15) is 26.4 Å². The van der Waals surface area contributed by atoms with Crippen LogP contribution in [-0.4, -0.2) is 56.0 Å². The van der Waals surface area contributed by atoms with Gasteiger partial charge in [0.15, 0.2) is 0 Å². The third kappa shape index (κ3) is 4.65. The number of alkyl halides is 3. The lowest BCUT2D eigenvalue weighted by Gasteiger charge is -2.34. The highest BCUT2D eigenvalue weighted by Crippen LogP contribution is 2.30. The van der Waals surface area contributed by atoms with Crippen molar-refractivity contribution in [3.8, 4) is 0 Å². The molecule has 1 heterocycles. The van der Waals surface area contributed by atoms with E-state index < -0.39 is 21.8 Å². The second-order valence-electron chi connectivity index (χ2n) is 6.90. The number of aryl methyl sites for hydroxylation is 1. The minimum Gasteiger partial charge on any atom is -0.336 e. The molecule has 2 aromatic rings. The number of piperazine rings is 1. The third-order valence-electron chi connectivity index (χ3n) is 5.02. The molecule has 162 valence electrons. The van der Waals surface area contributed by atoms with Gasteiger partial charge in [0.05, 0.1) is 10.5 Å². The molecule has 1 amide bonds. The first-order valence-electron chi connectivity index (χ1n) is 9.15. The first-order valence-corrected chi connectivity index (χ1v) is 11.8. The standard InChI is InChI=1S/C20H21F3N2O3S2/c1-14-3-6-16(29-2)13-18(14)19(26)24-9-11-25(12-10-24)30(27,28)17-7-4-15(5-8-17)20(21,22)23/h3-8,13H,9-12H2,1-2H3. The first-order chi connectivity index (χ1) is 14.0. The molecule has 0 radical (unpaired) electrons. The SMILES string of the molecule is CSc1ccc(C)c(C(=O)N2CCN(S(=O)(=O)c3ccc(C(F)(F)F)cc3)CC2)c1. The van der Waals surface area contributed by atoms with Gasteiger partial charge in [0.25, 0.3) is 5.91 Å². The van der Waals surface area contributed by atoms with Crippen molar-refractivity contribution in [3.63, 3.8) is 0 Å². The van der Waals surface area contributed by atoms with Gasteiger partial charge in [0, 0.05) is 36.6 Å². The van der Waals surface area contributed by atoms with Gasteiger partial charge in [-0.1, -0.05) is 6.07 Å². The summed E-state index contributed by atoms with van der Waals surface area (Å²) in [7, 11) is -3.93. The Bertz CT molecular complexity index is 1030. The van der Waals surface area contributed by atoms with Gasteiger partial charge in [0.1, 0.15) is 0 Å². The predicted octanol–water partition coefficient (Wildman–Crippen LogP) is 3.88.